The number of fused-ring (bicyclic) bond motifs is 7. The van der Waals surface area contributed by atoms with Crippen LogP contribution in [0.25, 0.3) is 0 Å². The topological polar surface area (TPSA) is 41.1 Å². The number of anilines is 1. The third-order valence-corrected chi connectivity index (χ3v) is 8.16. The minimum atomic E-state index is -0.0180. The van der Waals surface area contributed by atoms with Crippen molar-refractivity contribution in [3.63, 3.8) is 0 Å². The van der Waals surface area contributed by atoms with E-state index in [9.17, 15) is 4.79 Å². The number of rotatable bonds is 4. The van der Waals surface area contributed by atoms with Crippen LogP contribution in [0.15, 0.2) is 78.9 Å². The van der Waals surface area contributed by atoms with Crippen LogP contribution < -0.4 is 10.6 Å². The molecule has 0 unspecified atom stereocenters. The molecular formula is C29H30N2O. The van der Waals surface area contributed by atoms with E-state index >= 15 is 0 Å². The van der Waals surface area contributed by atoms with Crippen LogP contribution in [-0.4, -0.2) is 5.91 Å². The maximum absolute atomic E-state index is 13.1. The first-order valence-electron chi connectivity index (χ1n) is 12.0. The van der Waals surface area contributed by atoms with Gasteiger partial charge in [-0.1, -0.05) is 60.7 Å². The molecule has 3 aliphatic rings. The highest BCUT2D eigenvalue weighted by atomic mass is 16.1. The lowest BCUT2D eigenvalue weighted by Gasteiger charge is -2.43. The Labute approximate surface area is 190 Å². The van der Waals surface area contributed by atoms with Gasteiger partial charge >= 0.3 is 0 Å². The van der Waals surface area contributed by atoms with E-state index in [4.69, 9.17) is 0 Å². The first kappa shape index (κ1) is 19.6. The number of hydrogen-bond acceptors (Lipinski definition) is 2. The van der Waals surface area contributed by atoms with Crippen molar-refractivity contribution < 1.29 is 4.79 Å². The lowest BCUT2D eigenvalue weighted by Crippen LogP contribution is -2.36. The Morgan fingerprint density at radius 2 is 1.66 bits per heavy atom. The molecule has 0 spiro atoms. The molecule has 6 rings (SSSR count). The van der Waals surface area contributed by atoms with Crippen molar-refractivity contribution in [2.24, 2.45) is 17.8 Å². The van der Waals surface area contributed by atoms with E-state index in [2.05, 4.69) is 65.2 Å². The summed E-state index contributed by atoms with van der Waals surface area (Å²) in [6.07, 6.45) is 4.01. The van der Waals surface area contributed by atoms with Gasteiger partial charge in [0.2, 0.25) is 0 Å². The summed E-state index contributed by atoms with van der Waals surface area (Å²) in [7, 11) is 0. The van der Waals surface area contributed by atoms with E-state index in [1.54, 1.807) is 0 Å². The van der Waals surface area contributed by atoms with Gasteiger partial charge in [0.05, 0.1) is 12.1 Å². The number of hydrogen-bond donors (Lipinski definition) is 2. The van der Waals surface area contributed by atoms with Crippen molar-refractivity contribution in [2.75, 3.05) is 5.32 Å². The smallest absolute Gasteiger partial charge is 0.251 e. The monoisotopic (exact) mass is 422 g/mol. The average molecular weight is 423 g/mol. The van der Waals surface area contributed by atoms with Crippen LogP contribution in [0, 0.1) is 17.8 Å². The second-order valence-corrected chi connectivity index (χ2v) is 9.88. The Balaban J connectivity index is 1.31. The molecule has 2 fully saturated rings. The highest BCUT2D eigenvalue weighted by Crippen LogP contribution is 2.63. The highest BCUT2D eigenvalue weighted by molar-refractivity contribution is 5.95. The Bertz CT molecular complexity index is 1130. The maximum Gasteiger partial charge on any atom is 0.251 e. The largest absolute Gasteiger partial charge is 0.378 e. The summed E-state index contributed by atoms with van der Waals surface area (Å²) >= 11 is 0. The van der Waals surface area contributed by atoms with Crippen LogP contribution >= 0.6 is 0 Å². The molecule has 1 aliphatic heterocycles. The summed E-state index contributed by atoms with van der Waals surface area (Å²) in [4.78, 5) is 13.1. The zero-order valence-electron chi connectivity index (χ0n) is 18.5. The minimum Gasteiger partial charge on any atom is -0.378 e. The molecule has 3 heteroatoms. The summed E-state index contributed by atoms with van der Waals surface area (Å²) in [5.41, 5.74) is 5.85. The van der Waals surface area contributed by atoms with Gasteiger partial charge < -0.3 is 10.6 Å². The Hall–Kier alpha value is -3.07. The van der Waals surface area contributed by atoms with E-state index in [0.717, 1.165) is 23.0 Å². The molecule has 6 atom stereocenters. The van der Waals surface area contributed by atoms with Crippen LogP contribution in [0.1, 0.15) is 71.2 Å². The maximum atomic E-state index is 13.1. The normalized spacial score (nSPS) is 28.3. The number of carbonyl (C=O) groups excluding carboxylic acids is 1. The second-order valence-electron chi connectivity index (χ2n) is 9.88. The molecule has 2 aliphatic carbocycles. The summed E-state index contributed by atoms with van der Waals surface area (Å²) in [5, 5.41) is 7.06. The molecular weight excluding hydrogens is 392 g/mol. The van der Waals surface area contributed by atoms with Gasteiger partial charge in [0.1, 0.15) is 0 Å². The molecule has 2 N–H and O–H groups in total. The summed E-state index contributed by atoms with van der Waals surface area (Å²) in [6, 6.07) is 27.7. The Morgan fingerprint density at radius 1 is 0.938 bits per heavy atom. The number of nitrogens with one attached hydrogen (secondary N) is 2. The van der Waals surface area contributed by atoms with E-state index in [-0.39, 0.29) is 11.9 Å². The number of carbonyl (C=O) groups is 1. The van der Waals surface area contributed by atoms with Crippen molar-refractivity contribution >= 4 is 11.6 Å². The van der Waals surface area contributed by atoms with E-state index in [1.807, 2.05) is 31.2 Å². The molecule has 2 saturated carbocycles. The molecule has 32 heavy (non-hydrogen) atoms. The molecule has 3 aromatic carbocycles. The fourth-order valence-electron chi connectivity index (χ4n) is 6.72. The van der Waals surface area contributed by atoms with Crippen LogP contribution in [0.3, 0.4) is 0 Å². The molecule has 162 valence electrons. The van der Waals surface area contributed by atoms with Gasteiger partial charge in [-0.05, 0) is 84.7 Å². The molecule has 1 amide bonds. The Morgan fingerprint density at radius 3 is 2.44 bits per heavy atom. The molecule has 3 aromatic rings. The molecule has 0 radical (unpaired) electrons. The van der Waals surface area contributed by atoms with Crippen molar-refractivity contribution in [3.05, 3.63) is 101 Å². The standard InChI is InChI=1S/C29H30N2O/c1-18(19-8-4-2-5-9-19)30-29(32)23-14-15-25-24(17-23)26-21-12-13-22(16-21)27(26)28(31-25)20-10-6-3-7-11-20/h2-11,14-15,17-18,21-22,26-28,31H,12-13,16H2,1H3,(H,30,32)/t18-,21+,22+,26-,27-,28-/m0/s1. The predicted molar refractivity (Wildman–Crippen MR) is 129 cm³/mol. The van der Waals surface area contributed by atoms with Gasteiger partial charge in [0.15, 0.2) is 0 Å². The predicted octanol–water partition coefficient (Wildman–Crippen LogP) is 6.47. The quantitative estimate of drug-likeness (QED) is 0.506. The average Bonchev–Trinajstić information content (AvgIpc) is 3.47. The van der Waals surface area contributed by atoms with E-state index in [0.29, 0.717) is 17.9 Å². The minimum absolute atomic E-state index is 0.00837. The van der Waals surface area contributed by atoms with Crippen molar-refractivity contribution in [2.45, 2.75) is 44.2 Å². The summed E-state index contributed by atoms with van der Waals surface area (Å²) in [6.45, 7) is 2.05. The first-order chi connectivity index (χ1) is 15.7. The van der Waals surface area contributed by atoms with Gasteiger partial charge in [-0.25, -0.2) is 0 Å². The van der Waals surface area contributed by atoms with Crippen LogP contribution in [0.4, 0.5) is 5.69 Å². The first-order valence-corrected chi connectivity index (χ1v) is 12.0. The van der Waals surface area contributed by atoms with Crippen molar-refractivity contribution in [1.29, 1.82) is 0 Å². The van der Waals surface area contributed by atoms with Gasteiger partial charge in [0, 0.05) is 11.3 Å². The van der Waals surface area contributed by atoms with Crippen molar-refractivity contribution in [1.82, 2.24) is 5.32 Å². The lowest BCUT2D eigenvalue weighted by atomic mass is 9.68. The number of benzene rings is 3. The van der Waals surface area contributed by atoms with Gasteiger partial charge in [-0.3, -0.25) is 4.79 Å². The van der Waals surface area contributed by atoms with E-state index < -0.39 is 0 Å². The molecule has 3 nitrogen and oxygen atoms in total. The molecule has 0 aromatic heterocycles. The summed E-state index contributed by atoms with van der Waals surface area (Å²) < 4.78 is 0. The Kier molecular flexibility index (Phi) is 4.78. The lowest BCUT2D eigenvalue weighted by molar-refractivity contribution is 0.0939. The zero-order valence-corrected chi connectivity index (χ0v) is 18.5. The van der Waals surface area contributed by atoms with Crippen LogP contribution in [-0.2, 0) is 0 Å². The second kappa shape index (κ2) is 7.81. The highest BCUT2D eigenvalue weighted by Gasteiger charge is 2.53. The van der Waals surface area contributed by atoms with Gasteiger partial charge in [-0.15, -0.1) is 0 Å². The third-order valence-electron chi connectivity index (χ3n) is 8.16. The third kappa shape index (κ3) is 3.23. The summed E-state index contributed by atoms with van der Waals surface area (Å²) in [5.74, 6) is 2.71. The zero-order chi connectivity index (χ0) is 21.7. The van der Waals surface area contributed by atoms with Crippen LogP contribution in [0.5, 0.6) is 0 Å². The van der Waals surface area contributed by atoms with E-state index in [1.165, 1.54) is 36.1 Å². The van der Waals surface area contributed by atoms with Gasteiger partial charge in [0.25, 0.3) is 5.91 Å². The van der Waals surface area contributed by atoms with Gasteiger partial charge in [-0.2, -0.15) is 0 Å². The number of amides is 1. The van der Waals surface area contributed by atoms with Crippen molar-refractivity contribution in [3.8, 4) is 0 Å². The molecule has 1 heterocycles. The van der Waals surface area contributed by atoms with Crippen LogP contribution in [0.2, 0.25) is 0 Å². The molecule has 0 saturated heterocycles. The fourth-order valence-corrected chi connectivity index (χ4v) is 6.72. The molecule has 2 bridgehead atoms. The fraction of sp³-hybridized carbons (Fsp3) is 0.345. The SMILES string of the molecule is C[C@H](NC(=O)c1ccc2c(c1)[C@@H]1[C@@H]3CC[C@H](C3)[C@@H]1[C@H](c1ccccc1)N2)c1ccccc1.